The lowest BCUT2D eigenvalue weighted by Crippen LogP contribution is -2.54. The van der Waals surface area contributed by atoms with Gasteiger partial charge in [0, 0.05) is 5.54 Å². The SMILES string of the molecule is COC(=O)C1CCC(C(=O)O)N1C(C)(C)C. The number of carbonyl (C=O) groups excluding carboxylic acids is 1. The molecule has 1 saturated heterocycles. The molecule has 0 saturated carbocycles. The second-order valence-electron chi connectivity index (χ2n) is 5.05. The molecule has 0 aromatic rings. The van der Waals surface area contributed by atoms with E-state index in [0.29, 0.717) is 12.8 Å². The van der Waals surface area contributed by atoms with Gasteiger partial charge in [-0.3, -0.25) is 14.5 Å². The van der Waals surface area contributed by atoms with Crippen molar-refractivity contribution in [3.63, 3.8) is 0 Å². The van der Waals surface area contributed by atoms with Crippen molar-refractivity contribution in [2.24, 2.45) is 0 Å². The van der Waals surface area contributed by atoms with E-state index < -0.39 is 18.1 Å². The minimum absolute atomic E-state index is 0.348. The van der Waals surface area contributed by atoms with Crippen LogP contribution >= 0.6 is 0 Å². The second-order valence-corrected chi connectivity index (χ2v) is 5.05. The summed E-state index contributed by atoms with van der Waals surface area (Å²) in [6.07, 6.45) is 1.03. The van der Waals surface area contributed by atoms with Gasteiger partial charge in [0.25, 0.3) is 0 Å². The van der Waals surface area contributed by atoms with Gasteiger partial charge in [-0.05, 0) is 33.6 Å². The van der Waals surface area contributed by atoms with Gasteiger partial charge in [-0.25, -0.2) is 0 Å². The van der Waals surface area contributed by atoms with Crippen molar-refractivity contribution in [3.8, 4) is 0 Å². The van der Waals surface area contributed by atoms with Crippen LogP contribution in [0.25, 0.3) is 0 Å². The van der Waals surface area contributed by atoms with Gasteiger partial charge in [-0.1, -0.05) is 0 Å². The molecule has 1 fully saturated rings. The van der Waals surface area contributed by atoms with Gasteiger partial charge in [0.1, 0.15) is 12.1 Å². The maximum Gasteiger partial charge on any atom is 0.323 e. The van der Waals surface area contributed by atoms with E-state index in [1.807, 2.05) is 20.8 Å². The van der Waals surface area contributed by atoms with Gasteiger partial charge in [0.05, 0.1) is 7.11 Å². The Morgan fingerprint density at radius 3 is 2.12 bits per heavy atom. The van der Waals surface area contributed by atoms with Gasteiger partial charge in [-0.2, -0.15) is 0 Å². The van der Waals surface area contributed by atoms with E-state index in [0.717, 1.165) is 0 Å². The molecule has 1 heterocycles. The van der Waals surface area contributed by atoms with E-state index in [-0.39, 0.29) is 11.5 Å². The van der Waals surface area contributed by atoms with Crippen molar-refractivity contribution < 1.29 is 19.4 Å². The number of ether oxygens (including phenoxy) is 1. The smallest absolute Gasteiger partial charge is 0.323 e. The fourth-order valence-electron chi connectivity index (χ4n) is 2.36. The van der Waals surface area contributed by atoms with Crippen molar-refractivity contribution in [2.45, 2.75) is 51.2 Å². The topological polar surface area (TPSA) is 66.8 Å². The lowest BCUT2D eigenvalue weighted by atomic mass is 10.0. The number of hydrogen-bond acceptors (Lipinski definition) is 4. The summed E-state index contributed by atoms with van der Waals surface area (Å²) < 4.78 is 4.71. The Bertz CT molecular complexity index is 295. The van der Waals surface area contributed by atoms with E-state index in [1.165, 1.54) is 7.11 Å². The monoisotopic (exact) mass is 229 g/mol. The summed E-state index contributed by atoms with van der Waals surface area (Å²) in [6.45, 7) is 5.72. The van der Waals surface area contributed by atoms with Crippen LogP contribution in [-0.4, -0.2) is 46.7 Å². The van der Waals surface area contributed by atoms with Crippen LogP contribution in [-0.2, 0) is 14.3 Å². The van der Waals surface area contributed by atoms with E-state index in [4.69, 9.17) is 9.84 Å². The number of carbonyl (C=O) groups is 2. The van der Waals surface area contributed by atoms with Gasteiger partial charge in [0.2, 0.25) is 0 Å². The molecule has 0 amide bonds. The van der Waals surface area contributed by atoms with Crippen LogP contribution in [0.5, 0.6) is 0 Å². The molecule has 5 nitrogen and oxygen atoms in total. The van der Waals surface area contributed by atoms with Crippen LogP contribution in [0.1, 0.15) is 33.6 Å². The first kappa shape index (κ1) is 13.0. The zero-order valence-corrected chi connectivity index (χ0v) is 10.2. The summed E-state index contributed by atoms with van der Waals surface area (Å²) in [7, 11) is 1.33. The summed E-state index contributed by atoms with van der Waals surface area (Å²) in [6, 6.07) is -1.03. The number of hydrogen-bond donors (Lipinski definition) is 1. The van der Waals surface area contributed by atoms with E-state index in [1.54, 1.807) is 4.90 Å². The molecule has 1 aliphatic heterocycles. The molecule has 0 aromatic heterocycles. The second kappa shape index (κ2) is 4.41. The van der Waals surface area contributed by atoms with Crippen LogP contribution in [0.15, 0.2) is 0 Å². The molecule has 0 aromatic carbocycles. The van der Waals surface area contributed by atoms with Gasteiger partial charge < -0.3 is 9.84 Å². The van der Waals surface area contributed by atoms with Crippen molar-refractivity contribution >= 4 is 11.9 Å². The highest BCUT2D eigenvalue weighted by atomic mass is 16.5. The summed E-state index contributed by atoms with van der Waals surface area (Å²) >= 11 is 0. The van der Waals surface area contributed by atoms with Gasteiger partial charge in [0.15, 0.2) is 0 Å². The van der Waals surface area contributed by atoms with E-state index >= 15 is 0 Å². The number of nitrogens with zero attached hydrogens (tertiary/aromatic N) is 1. The number of carboxylic acid groups (broad SMARTS) is 1. The zero-order valence-electron chi connectivity index (χ0n) is 10.2. The average molecular weight is 229 g/mol. The minimum atomic E-state index is -0.874. The molecule has 16 heavy (non-hydrogen) atoms. The Morgan fingerprint density at radius 1 is 1.25 bits per heavy atom. The standard InChI is InChI=1S/C11H19NO4/c1-11(2,3)12-7(9(13)14)5-6-8(12)10(15)16-4/h7-8H,5-6H2,1-4H3,(H,13,14). The Morgan fingerprint density at radius 2 is 1.75 bits per heavy atom. The Kier molecular flexibility index (Phi) is 3.57. The Balaban J connectivity index is 2.97. The van der Waals surface area contributed by atoms with Gasteiger partial charge >= 0.3 is 11.9 Å². The first-order valence-electron chi connectivity index (χ1n) is 5.38. The quantitative estimate of drug-likeness (QED) is 0.712. The molecule has 92 valence electrons. The average Bonchev–Trinajstić information content (AvgIpc) is 2.59. The zero-order chi connectivity index (χ0) is 12.5. The number of methoxy groups -OCH3 is 1. The third-order valence-corrected chi connectivity index (χ3v) is 2.92. The van der Waals surface area contributed by atoms with E-state index in [9.17, 15) is 9.59 Å². The highest BCUT2D eigenvalue weighted by Crippen LogP contribution is 2.32. The molecule has 0 spiro atoms. The fourth-order valence-corrected chi connectivity index (χ4v) is 2.36. The molecule has 5 heteroatoms. The summed E-state index contributed by atoms with van der Waals surface area (Å²) in [5.41, 5.74) is -0.363. The van der Waals surface area contributed by atoms with Crippen LogP contribution in [0.3, 0.4) is 0 Å². The number of aliphatic carboxylic acids is 1. The number of carboxylic acids is 1. The van der Waals surface area contributed by atoms with Crippen molar-refractivity contribution in [1.29, 1.82) is 0 Å². The van der Waals surface area contributed by atoms with Crippen LogP contribution < -0.4 is 0 Å². The molecule has 0 aliphatic carbocycles. The van der Waals surface area contributed by atoms with Crippen molar-refractivity contribution in [3.05, 3.63) is 0 Å². The largest absolute Gasteiger partial charge is 0.480 e. The number of esters is 1. The molecular weight excluding hydrogens is 210 g/mol. The maximum atomic E-state index is 11.6. The predicted octanol–water partition coefficient (Wildman–Crippen LogP) is 0.875. The lowest BCUT2D eigenvalue weighted by molar-refractivity contribution is -0.152. The minimum Gasteiger partial charge on any atom is -0.480 e. The first-order valence-corrected chi connectivity index (χ1v) is 5.38. The Hall–Kier alpha value is -1.10. The molecule has 2 unspecified atom stereocenters. The lowest BCUT2D eigenvalue weighted by Gasteiger charge is -2.38. The molecule has 0 bridgehead atoms. The van der Waals surface area contributed by atoms with Gasteiger partial charge in [-0.15, -0.1) is 0 Å². The molecule has 2 atom stereocenters. The summed E-state index contributed by atoms with van der Waals surface area (Å²) in [5.74, 6) is -1.22. The number of rotatable bonds is 2. The molecule has 1 N–H and O–H groups in total. The Labute approximate surface area is 95.4 Å². The maximum absolute atomic E-state index is 11.6. The number of likely N-dealkylation sites (tertiary alicyclic amines) is 1. The highest BCUT2D eigenvalue weighted by Gasteiger charge is 2.46. The molecule has 1 aliphatic rings. The first-order chi connectivity index (χ1) is 7.29. The van der Waals surface area contributed by atoms with E-state index in [2.05, 4.69) is 0 Å². The summed E-state index contributed by atoms with van der Waals surface area (Å²) in [5, 5.41) is 9.13. The fraction of sp³-hybridized carbons (Fsp3) is 0.818. The molecule has 0 radical (unpaired) electrons. The third-order valence-electron chi connectivity index (χ3n) is 2.92. The predicted molar refractivity (Wildman–Crippen MR) is 58.1 cm³/mol. The van der Waals surface area contributed by atoms with Crippen molar-refractivity contribution in [1.82, 2.24) is 4.90 Å². The van der Waals surface area contributed by atoms with Crippen LogP contribution in [0, 0.1) is 0 Å². The van der Waals surface area contributed by atoms with Crippen LogP contribution in [0.4, 0.5) is 0 Å². The van der Waals surface area contributed by atoms with Crippen molar-refractivity contribution in [2.75, 3.05) is 7.11 Å². The summed E-state index contributed by atoms with van der Waals surface area (Å²) in [4.78, 5) is 24.4. The molecular formula is C11H19NO4. The highest BCUT2D eigenvalue weighted by molar-refractivity contribution is 5.80. The normalized spacial score (nSPS) is 26.8. The van der Waals surface area contributed by atoms with Crippen LogP contribution in [0.2, 0.25) is 0 Å². The third kappa shape index (κ3) is 2.35. The molecule has 1 rings (SSSR count).